The fraction of sp³-hybridized carbons (Fsp3) is 0.231. The monoisotopic (exact) mass is 246 g/mol. The number of rotatable bonds is 1. The Morgan fingerprint density at radius 1 is 1.50 bits per heavy atom. The molecule has 1 aliphatic rings. The van der Waals surface area contributed by atoms with Gasteiger partial charge in [-0.15, -0.1) is 0 Å². The van der Waals surface area contributed by atoms with Crippen LogP contribution in [0, 0.1) is 17.1 Å². The normalized spacial score (nSPS) is 14.9. The molecule has 2 rings (SSSR count). The van der Waals surface area contributed by atoms with Gasteiger partial charge in [-0.05, 0) is 29.7 Å². The summed E-state index contributed by atoms with van der Waals surface area (Å²) in [6, 6.07) is 6.02. The highest BCUT2D eigenvalue weighted by Crippen LogP contribution is 2.25. The van der Waals surface area contributed by atoms with Crippen LogP contribution in [0.5, 0.6) is 0 Å². The maximum absolute atomic E-state index is 13.0. The highest BCUT2D eigenvalue weighted by molar-refractivity contribution is 5.74. The Morgan fingerprint density at radius 2 is 2.28 bits per heavy atom. The van der Waals surface area contributed by atoms with Gasteiger partial charge in [0.1, 0.15) is 5.82 Å². The topological polar surface area (TPSA) is 64.3 Å². The van der Waals surface area contributed by atoms with E-state index in [1.807, 2.05) is 6.07 Å². The number of hydrogen-bond donors (Lipinski definition) is 1. The number of benzene rings is 1. The number of hydrogen-bond acceptors (Lipinski definition) is 2. The molecule has 1 aliphatic heterocycles. The van der Waals surface area contributed by atoms with Crippen molar-refractivity contribution in [1.29, 1.82) is 5.26 Å². The smallest absolute Gasteiger partial charge is 0.407 e. The summed E-state index contributed by atoms with van der Waals surface area (Å²) < 4.78 is 13.0. The molecule has 1 aromatic carbocycles. The van der Waals surface area contributed by atoms with Crippen LogP contribution in [0.2, 0.25) is 0 Å². The summed E-state index contributed by atoms with van der Waals surface area (Å²) in [5.41, 5.74) is 1.86. The maximum Gasteiger partial charge on any atom is 0.407 e. The second kappa shape index (κ2) is 4.88. The quantitative estimate of drug-likeness (QED) is 0.827. The maximum atomic E-state index is 13.0. The van der Waals surface area contributed by atoms with Crippen molar-refractivity contribution in [2.24, 2.45) is 0 Å². The van der Waals surface area contributed by atoms with Gasteiger partial charge in [0.2, 0.25) is 0 Å². The van der Waals surface area contributed by atoms with E-state index in [9.17, 15) is 9.18 Å². The summed E-state index contributed by atoms with van der Waals surface area (Å²) in [6.07, 6.45) is 1.35. The molecule has 0 atom stereocenters. The van der Waals surface area contributed by atoms with Crippen molar-refractivity contribution in [2.75, 3.05) is 13.1 Å². The summed E-state index contributed by atoms with van der Waals surface area (Å²) >= 11 is 0. The highest BCUT2D eigenvalue weighted by atomic mass is 19.1. The molecule has 92 valence electrons. The molecule has 0 radical (unpaired) electrons. The average molecular weight is 246 g/mol. The van der Waals surface area contributed by atoms with Gasteiger partial charge in [-0.2, -0.15) is 5.26 Å². The van der Waals surface area contributed by atoms with Gasteiger partial charge >= 0.3 is 6.09 Å². The van der Waals surface area contributed by atoms with Crippen LogP contribution in [0.4, 0.5) is 9.18 Å². The fourth-order valence-corrected chi connectivity index (χ4v) is 1.98. The lowest BCUT2D eigenvalue weighted by atomic mass is 9.95. The molecule has 0 bridgehead atoms. The number of carbonyl (C=O) groups is 1. The first-order valence-corrected chi connectivity index (χ1v) is 5.48. The van der Waals surface area contributed by atoms with E-state index in [4.69, 9.17) is 10.4 Å². The van der Waals surface area contributed by atoms with Gasteiger partial charge in [0.05, 0.1) is 11.6 Å². The molecule has 0 aliphatic carbocycles. The Hall–Kier alpha value is -2.35. The lowest BCUT2D eigenvalue weighted by Gasteiger charge is -2.24. The summed E-state index contributed by atoms with van der Waals surface area (Å²) in [7, 11) is 0. The number of nitrogens with zero attached hydrogens (tertiary/aromatic N) is 2. The molecule has 4 nitrogen and oxygen atoms in total. The molecule has 0 saturated carbocycles. The molecule has 1 amide bonds. The van der Waals surface area contributed by atoms with Gasteiger partial charge in [0.25, 0.3) is 0 Å². The van der Waals surface area contributed by atoms with E-state index in [1.54, 1.807) is 12.1 Å². The van der Waals surface area contributed by atoms with Crippen LogP contribution in [-0.4, -0.2) is 29.2 Å². The number of amides is 1. The fourth-order valence-electron chi connectivity index (χ4n) is 1.98. The van der Waals surface area contributed by atoms with E-state index in [2.05, 4.69) is 0 Å². The third kappa shape index (κ3) is 2.33. The van der Waals surface area contributed by atoms with E-state index in [0.29, 0.717) is 25.1 Å². The van der Waals surface area contributed by atoms with Gasteiger partial charge < -0.3 is 10.0 Å². The summed E-state index contributed by atoms with van der Waals surface area (Å²) in [5, 5.41) is 17.8. The summed E-state index contributed by atoms with van der Waals surface area (Å²) in [5.74, 6) is -0.445. The SMILES string of the molecule is N#Cc1cc(F)ccc1C1=CCN(C(=O)O)CC1. The Balaban J connectivity index is 2.29. The van der Waals surface area contributed by atoms with Crippen molar-refractivity contribution >= 4 is 11.7 Å². The minimum absolute atomic E-state index is 0.282. The first kappa shape index (κ1) is 12.1. The first-order valence-electron chi connectivity index (χ1n) is 5.48. The highest BCUT2D eigenvalue weighted by Gasteiger charge is 2.18. The predicted molar refractivity (Wildman–Crippen MR) is 63.3 cm³/mol. The average Bonchev–Trinajstić information content (AvgIpc) is 2.38. The third-order valence-corrected chi connectivity index (χ3v) is 2.93. The second-order valence-electron chi connectivity index (χ2n) is 4.01. The van der Waals surface area contributed by atoms with Crippen molar-refractivity contribution in [3.63, 3.8) is 0 Å². The van der Waals surface area contributed by atoms with E-state index < -0.39 is 11.9 Å². The zero-order chi connectivity index (χ0) is 13.1. The molecule has 5 heteroatoms. The van der Waals surface area contributed by atoms with Crippen LogP contribution in [0.15, 0.2) is 24.3 Å². The molecular weight excluding hydrogens is 235 g/mol. The molecule has 0 aromatic heterocycles. The molecule has 1 heterocycles. The standard InChI is InChI=1S/C13H11FN2O2/c14-11-1-2-12(10(7-11)8-15)9-3-5-16(6-4-9)13(17)18/h1-3,7H,4-6H2,(H,17,18). The van der Waals surface area contributed by atoms with Crippen LogP contribution in [0.3, 0.4) is 0 Å². The van der Waals surface area contributed by atoms with E-state index in [0.717, 1.165) is 5.57 Å². The molecule has 0 saturated heterocycles. The van der Waals surface area contributed by atoms with Crippen molar-refractivity contribution in [1.82, 2.24) is 4.90 Å². The van der Waals surface area contributed by atoms with E-state index in [1.165, 1.54) is 17.0 Å². The van der Waals surface area contributed by atoms with Crippen molar-refractivity contribution < 1.29 is 14.3 Å². The molecule has 0 fully saturated rings. The van der Waals surface area contributed by atoms with Gasteiger partial charge in [-0.3, -0.25) is 0 Å². The number of halogens is 1. The third-order valence-electron chi connectivity index (χ3n) is 2.93. The van der Waals surface area contributed by atoms with Crippen LogP contribution in [0.25, 0.3) is 5.57 Å². The lowest BCUT2D eigenvalue weighted by molar-refractivity contribution is 0.150. The minimum atomic E-state index is -0.954. The Bertz CT molecular complexity index is 561. The molecule has 18 heavy (non-hydrogen) atoms. The zero-order valence-corrected chi connectivity index (χ0v) is 9.56. The van der Waals surface area contributed by atoms with Gasteiger partial charge in [0.15, 0.2) is 0 Å². The van der Waals surface area contributed by atoms with E-state index >= 15 is 0 Å². The largest absolute Gasteiger partial charge is 0.465 e. The number of carboxylic acid groups (broad SMARTS) is 1. The molecule has 1 aromatic rings. The lowest BCUT2D eigenvalue weighted by Crippen LogP contribution is -2.33. The van der Waals surface area contributed by atoms with Gasteiger partial charge in [0, 0.05) is 13.1 Å². The van der Waals surface area contributed by atoms with E-state index in [-0.39, 0.29) is 5.56 Å². The number of nitriles is 1. The molecule has 1 N–H and O–H groups in total. The predicted octanol–water partition coefficient (Wildman–Crippen LogP) is 2.46. The summed E-state index contributed by atoms with van der Waals surface area (Å²) in [6.45, 7) is 0.691. The van der Waals surface area contributed by atoms with Crippen molar-refractivity contribution in [2.45, 2.75) is 6.42 Å². The second-order valence-corrected chi connectivity index (χ2v) is 4.01. The molecular formula is C13H11FN2O2. The molecule has 0 unspecified atom stereocenters. The molecule has 0 spiro atoms. The zero-order valence-electron chi connectivity index (χ0n) is 9.56. The van der Waals surface area contributed by atoms with Crippen molar-refractivity contribution in [3.8, 4) is 6.07 Å². The van der Waals surface area contributed by atoms with Crippen molar-refractivity contribution in [3.05, 3.63) is 41.2 Å². The van der Waals surface area contributed by atoms with Crippen LogP contribution in [0.1, 0.15) is 17.5 Å². The van der Waals surface area contributed by atoms with Crippen LogP contribution < -0.4 is 0 Å². The summed E-state index contributed by atoms with van der Waals surface area (Å²) in [4.78, 5) is 12.1. The van der Waals surface area contributed by atoms with Gasteiger partial charge in [-0.1, -0.05) is 12.1 Å². The van der Waals surface area contributed by atoms with Crippen LogP contribution in [-0.2, 0) is 0 Å². The first-order chi connectivity index (χ1) is 8.61. The Kier molecular flexibility index (Phi) is 3.28. The van der Waals surface area contributed by atoms with Gasteiger partial charge in [-0.25, -0.2) is 9.18 Å². The Labute approximate surface area is 104 Å². The van der Waals surface area contributed by atoms with Crippen LogP contribution >= 0.6 is 0 Å². The minimum Gasteiger partial charge on any atom is -0.465 e. The Morgan fingerprint density at radius 3 is 2.83 bits per heavy atom.